The highest BCUT2D eigenvalue weighted by Crippen LogP contribution is 2.40. The van der Waals surface area contributed by atoms with Crippen molar-refractivity contribution >= 4 is 40.6 Å². The SMILES string of the molecule is C#CC(C)Oc1cc(N2C(=O)C3=C(CCCC3)C2=O)c(F)cc1Cl.CCO/N=C(\CC)C1=C(O)CC(c2c(C)cc(C)cc2C)CC1=O. The van der Waals surface area contributed by atoms with Crippen LogP contribution in [0.3, 0.4) is 0 Å². The average Bonchev–Trinajstić information content (AvgIpc) is 3.28. The maximum Gasteiger partial charge on any atom is 0.261 e. The van der Waals surface area contributed by atoms with Crippen LogP contribution in [0.25, 0.3) is 0 Å². The Hall–Kier alpha value is -4.42. The minimum Gasteiger partial charge on any atom is -0.511 e. The summed E-state index contributed by atoms with van der Waals surface area (Å²) in [5.74, 6) is 0.910. The van der Waals surface area contributed by atoms with Gasteiger partial charge in [-0.2, -0.15) is 0 Å². The summed E-state index contributed by atoms with van der Waals surface area (Å²) < 4.78 is 19.8. The molecular weight excluding hydrogens is 635 g/mol. The number of oxime groups is 1. The lowest BCUT2D eigenvalue weighted by molar-refractivity contribution is -0.121. The van der Waals surface area contributed by atoms with Crippen molar-refractivity contribution in [1.29, 1.82) is 0 Å². The van der Waals surface area contributed by atoms with Gasteiger partial charge in [-0.25, -0.2) is 9.29 Å². The second-order valence-electron chi connectivity index (χ2n) is 12.2. The lowest BCUT2D eigenvalue weighted by Gasteiger charge is -2.27. The van der Waals surface area contributed by atoms with Gasteiger partial charge < -0.3 is 14.7 Å². The fourth-order valence-electron chi connectivity index (χ4n) is 6.65. The Kier molecular flexibility index (Phi) is 11.9. The van der Waals surface area contributed by atoms with E-state index in [1.165, 1.54) is 28.3 Å². The minimum absolute atomic E-state index is 0.0204. The first-order valence-corrected chi connectivity index (χ1v) is 16.6. The first-order valence-electron chi connectivity index (χ1n) is 16.3. The molecule has 10 heteroatoms. The first kappa shape index (κ1) is 36.4. The molecule has 2 amide bonds. The van der Waals surface area contributed by atoms with Crippen molar-refractivity contribution in [3.63, 3.8) is 0 Å². The lowest BCUT2D eigenvalue weighted by Crippen LogP contribution is -2.32. The Morgan fingerprint density at radius 3 is 2.19 bits per heavy atom. The number of ether oxygens (including phenoxy) is 1. The van der Waals surface area contributed by atoms with Gasteiger partial charge in [0.25, 0.3) is 11.8 Å². The number of hydrogen-bond acceptors (Lipinski definition) is 7. The van der Waals surface area contributed by atoms with Gasteiger partial charge in [-0.05, 0) is 95.4 Å². The largest absolute Gasteiger partial charge is 0.511 e. The van der Waals surface area contributed by atoms with Crippen LogP contribution in [0.5, 0.6) is 5.75 Å². The second-order valence-corrected chi connectivity index (χ2v) is 12.6. The predicted molar refractivity (Wildman–Crippen MR) is 185 cm³/mol. The van der Waals surface area contributed by atoms with E-state index in [9.17, 15) is 23.9 Å². The van der Waals surface area contributed by atoms with Gasteiger partial charge in [-0.1, -0.05) is 47.3 Å². The van der Waals surface area contributed by atoms with E-state index in [4.69, 9.17) is 27.6 Å². The maximum atomic E-state index is 14.4. The van der Waals surface area contributed by atoms with Crippen LogP contribution in [-0.2, 0) is 19.2 Å². The summed E-state index contributed by atoms with van der Waals surface area (Å²) in [7, 11) is 0. The molecule has 0 saturated carbocycles. The molecule has 0 fully saturated rings. The van der Waals surface area contributed by atoms with Gasteiger partial charge in [0.1, 0.15) is 23.9 Å². The summed E-state index contributed by atoms with van der Waals surface area (Å²) in [6.45, 7) is 12.0. The normalized spacial score (nSPS) is 18.7. The van der Waals surface area contributed by atoms with Gasteiger partial charge in [-0.3, -0.25) is 14.4 Å². The number of terminal acetylenes is 1. The van der Waals surface area contributed by atoms with Crippen LogP contribution in [0.4, 0.5) is 10.1 Å². The Labute approximate surface area is 286 Å². The number of rotatable bonds is 8. The van der Waals surface area contributed by atoms with E-state index in [1.54, 1.807) is 6.92 Å². The van der Waals surface area contributed by atoms with Crippen LogP contribution < -0.4 is 9.64 Å². The number of anilines is 1. The summed E-state index contributed by atoms with van der Waals surface area (Å²) in [6, 6.07) is 6.54. The summed E-state index contributed by atoms with van der Waals surface area (Å²) in [5.41, 5.74) is 6.45. The fourth-order valence-corrected chi connectivity index (χ4v) is 6.85. The molecule has 2 atom stereocenters. The molecule has 1 N–H and O–H groups in total. The molecule has 0 radical (unpaired) electrons. The number of aryl methyl sites for hydroxylation is 3. The topological polar surface area (TPSA) is 106 Å². The number of carbonyl (C=O) groups is 3. The van der Waals surface area contributed by atoms with Crippen LogP contribution in [0.15, 0.2) is 51.9 Å². The number of carbonyl (C=O) groups excluding carboxylic acids is 3. The summed E-state index contributed by atoms with van der Waals surface area (Å²) >= 11 is 5.97. The average molecular weight is 677 g/mol. The van der Waals surface area contributed by atoms with E-state index in [0.29, 0.717) is 61.1 Å². The zero-order chi connectivity index (χ0) is 35.3. The van der Waals surface area contributed by atoms with E-state index in [2.05, 4.69) is 44.0 Å². The molecule has 5 rings (SSSR count). The number of amides is 2. The van der Waals surface area contributed by atoms with Crippen molar-refractivity contribution in [3.05, 3.63) is 79.8 Å². The number of hydrogen-bond donors (Lipinski definition) is 1. The molecule has 2 unspecified atom stereocenters. The van der Waals surface area contributed by atoms with Gasteiger partial charge in [0.15, 0.2) is 11.9 Å². The molecule has 8 nitrogen and oxygen atoms in total. The van der Waals surface area contributed by atoms with Crippen molar-refractivity contribution in [3.8, 4) is 18.1 Å². The van der Waals surface area contributed by atoms with Crippen molar-refractivity contribution in [1.82, 2.24) is 0 Å². The Bertz CT molecular complexity index is 1720. The monoisotopic (exact) mass is 676 g/mol. The maximum absolute atomic E-state index is 14.4. The molecule has 0 bridgehead atoms. The van der Waals surface area contributed by atoms with Crippen molar-refractivity contribution in [2.24, 2.45) is 5.16 Å². The van der Waals surface area contributed by atoms with E-state index >= 15 is 0 Å². The molecular formula is C38H42ClFN2O6. The molecule has 48 heavy (non-hydrogen) atoms. The van der Waals surface area contributed by atoms with E-state index < -0.39 is 23.7 Å². The number of Topliss-reactive ketones (excluding diaryl/α,β-unsaturated/α-hetero) is 1. The van der Waals surface area contributed by atoms with Gasteiger partial charge in [0, 0.05) is 30.1 Å². The highest BCUT2D eigenvalue weighted by molar-refractivity contribution is 6.34. The summed E-state index contributed by atoms with van der Waals surface area (Å²) in [6.07, 6.45) is 8.89. The van der Waals surface area contributed by atoms with Crippen LogP contribution in [0.1, 0.15) is 93.9 Å². The van der Waals surface area contributed by atoms with E-state index in [1.807, 2.05) is 13.8 Å². The van der Waals surface area contributed by atoms with Crippen LogP contribution in [-0.4, -0.2) is 41.1 Å². The predicted octanol–water partition coefficient (Wildman–Crippen LogP) is 8.30. The number of halogens is 2. The van der Waals surface area contributed by atoms with Crippen molar-refractivity contribution in [2.45, 2.75) is 98.5 Å². The highest BCUT2D eigenvalue weighted by atomic mass is 35.5. The third kappa shape index (κ3) is 7.65. The van der Waals surface area contributed by atoms with E-state index in [-0.39, 0.29) is 33.9 Å². The van der Waals surface area contributed by atoms with E-state index in [0.717, 1.165) is 23.8 Å². The number of allylic oxidation sites excluding steroid dienone is 2. The molecule has 2 aromatic carbocycles. The number of aliphatic hydroxyl groups is 1. The number of nitrogens with zero attached hydrogens (tertiary/aromatic N) is 2. The summed E-state index contributed by atoms with van der Waals surface area (Å²) in [5, 5.41) is 14.6. The first-order chi connectivity index (χ1) is 22.8. The Morgan fingerprint density at radius 1 is 1.06 bits per heavy atom. The van der Waals surface area contributed by atoms with Gasteiger partial charge in [-0.15, -0.1) is 6.42 Å². The third-order valence-corrected chi connectivity index (χ3v) is 8.98. The highest BCUT2D eigenvalue weighted by Gasteiger charge is 2.41. The molecule has 3 aliphatic rings. The number of benzene rings is 2. The lowest BCUT2D eigenvalue weighted by atomic mass is 9.78. The van der Waals surface area contributed by atoms with Crippen LogP contribution in [0.2, 0.25) is 5.02 Å². The second kappa shape index (κ2) is 15.7. The third-order valence-electron chi connectivity index (χ3n) is 8.68. The molecule has 2 aliphatic carbocycles. The standard InChI is InChI=1S/C20H27NO3.C18H15ClFNO3/c1-6-16(21-24-7-2)20-17(22)10-15(11-18(20)23)19-13(4)8-12(3)9-14(19)5;1-3-10(2)24-16-9-15(14(20)8-13(16)19)21-17(22)11-6-4-5-7-12(11)18(21)23/h8-9,15,22H,6-7,10-11H2,1-5H3;1,8-10H,4-7H2,2H3/b21-16+;. The molecule has 2 aromatic rings. The molecule has 1 aliphatic heterocycles. The zero-order valence-corrected chi connectivity index (χ0v) is 29.1. The molecule has 1 heterocycles. The molecule has 0 saturated heterocycles. The number of imide groups is 1. The van der Waals surface area contributed by atoms with Gasteiger partial charge in [0.2, 0.25) is 0 Å². The Morgan fingerprint density at radius 2 is 1.67 bits per heavy atom. The van der Waals surface area contributed by atoms with Crippen molar-refractivity contribution in [2.75, 3.05) is 11.5 Å². The van der Waals surface area contributed by atoms with Gasteiger partial charge in [0.05, 0.1) is 22.0 Å². The van der Waals surface area contributed by atoms with Gasteiger partial charge >= 0.3 is 0 Å². The van der Waals surface area contributed by atoms with Crippen LogP contribution >= 0.6 is 11.6 Å². The fraction of sp³-hybridized carbons (Fsp3) is 0.421. The summed E-state index contributed by atoms with van der Waals surface area (Å²) in [4.78, 5) is 43.8. The molecule has 0 aromatic heterocycles. The number of aliphatic hydroxyl groups excluding tert-OH is 1. The van der Waals surface area contributed by atoms with Crippen LogP contribution in [0, 0.1) is 38.9 Å². The smallest absolute Gasteiger partial charge is 0.261 e. The van der Waals surface area contributed by atoms with Crippen molar-refractivity contribution < 1.29 is 33.5 Å². The minimum atomic E-state index is -0.762. The quantitative estimate of drug-likeness (QED) is 0.131. The molecule has 254 valence electrons. The zero-order valence-electron chi connectivity index (χ0n) is 28.3. The number of ketones is 1. The molecule has 0 spiro atoms. The Balaban J connectivity index is 0.000000217.